The smallest absolute Gasteiger partial charge is 0.0975 e. The van der Waals surface area contributed by atoms with Gasteiger partial charge in [0.15, 0.2) is 0 Å². The Labute approximate surface area is 60.2 Å². The molecule has 2 saturated carbocycles. The van der Waals surface area contributed by atoms with E-state index in [4.69, 9.17) is 4.74 Å². The van der Waals surface area contributed by atoms with E-state index in [2.05, 4.69) is 0 Å². The molecule has 3 rings (SSSR count). The van der Waals surface area contributed by atoms with Crippen LogP contribution >= 0.6 is 0 Å². The van der Waals surface area contributed by atoms with Crippen LogP contribution in [-0.4, -0.2) is 22.4 Å². The topological polar surface area (TPSA) is 29.5 Å². The number of aliphatic hydroxyl groups excluding tert-OH is 1. The summed E-state index contributed by atoms with van der Waals surface area (Å²) in [6.45, 7) is 0. The molecule has 3 fully saturated rings. The van der Waals surface area contributed by atoms with Crippen LogP contribution in [-0.2, 0) is 4.74 Å². The SMILES string of the molecule is OC1CC12CCC1(CC1)O2. The van der Waals surface area contributed by atoms with Crippen LogP contribution in [0.3, 0.4) is 0 Å². The minimum absolute atomic E-state index is 0.0451. The van der Waals surface area contributed by atoms with Crippen molar-refractivity contribution in [3.05, 3.63) is 0 Å². The summed E-state index contributed by atoms with van der Waals surface area (Å²) >= 11 is 0. The molecule has 0 aromatic heterocycles. The monoisotopic (exact) mass is 140 g/mol. The van der Waals surface area contributed by atoms with E-state index < -0.39 is 0 Å². The van der Waals surface area contributed by atoms with Gasteiger partial charge in [-0.05, 0) is 25.7 Å². The van der Waals surface area contributed by atoms with Gasteiger partial charge in [-0.15, -0.1) is 0 Å². The second kappa shape index (κ2) is 1.28. The molecular formula is C8H12O2. The zero-order chi connectivity index (χ0) is 6.82. The molecule has 0 aromatic rings. The first-order chi connectivity index (χ1) is 4.75. The Morgan fingerprint density at radius 1 is 1.20 bits per heavy atom. The maximum absolute atomic E-state index is 9.25. The molecule has 10 heavy (non-hydrogen) atoms. The fourth-order valence-corrected chi connectivity index (χ4v) is 2.11. The van der Waals surface area contributed by atoms with Crippen molar-refractivity contribution in [2.24, 2.45) is 0 Å². The summed E-state index contributed by atoms with van der Waals surface area (Å²) in [7, 11) is 0. The minimum atomic E-state index is -0.132. The van der Waals surface area contributed by atoms with Crippen LogP contribution in [0.5, 0.6) is 0 Å². The van der Waals surface area contributed by atoms with Crippen molar-refractivity contribution < 1.29 is 9.84 Å². The number of rotatable bonds is 0. The zero-order valence-corrected chi connectivity index (χ0v) is 5.97. The second-order valence-corrected chi connectivity index (χ2v) is 4.07. The normalized spacial score (nSPS) is 54.3. The molecule has 1 heterocycles. The maximum atomic E-state index is 9.25. The van der Waals surface area contributed by atoms with E-state index in [1.54, 1.807) is 0 Å². The third-order valence-electron chi connectivity index (χ3n) is 3.22. The summed E-state index contributed by atoms with van der Waals surface area (Å²) in [5.41, 5.74) is 0.216. The first-order valence-electron chi connectivity index (χ1n) is 4.13. The summed E-state index contributed by atoms with van der Waals surface area (Å²) in [6.07, 6.45) is 5.54. The maximum Gasteiger partial charge on any atom is 0.0975 e. The third-order valence-corrected chi connectivity index (χ3v) is 3.22. The highest BCUT2D eigenvalue weighted by atomic mass is 16.6. The molecule has 2 aliphatic carbocycles. The fraction of sp³-hybridized carbons (Fsp3) is 1.00. The molecule has 1 N–H and O–H groups in total. The Hall–Kier alpha value is -0.0800. The predicted octanol–water partition coefficient (Wildman–Crippen LogP) is 0.833. The lowest BCUT2D eigenvalue weighted by Crippen LogP contribution is -2.16. The molecule has 2 unspecified atom stereocenters. The highest BCUT2D eigenvalue weighted by Gasteiger charge is 2.66. The summed E-state index contributed by atoms with van der Waals surface area (Å²) in [4.78, 5) is 0. The van der Waals surface area contributed by atoms with Gasteiger partial charge in [0, 0.05) is 6.42 Å². The van der Waals surface area contributed by atoms with Gasteiger partial charge in [0.2, 0.25) is 0 Å². The first-order valence-corrected chi connectivity index (χ1v) is 4.13. The lowest BCUT2D eigenvalue weighted by atomic mass is 10.1. The van der Waals surface area contributed by atoms with Gasteiger partial charge in [0.25, 0.3) is 0 Å². The molecule has 1 saturated heterocycles. The van der Waals surface area contributed by atoms with Crippen molar-refractivity contribution in [2.75, 3.05) is 0 Å². The largest absolute Gasteiger partial charge is 0.390 e. The Morgan fingerprint density at radius 2 is 1.80 bits per heavy atom. The van der Waals surface area contributed by atoms with E-state index in [0.717, 1.165) is 12.8 Å². The van der Waals surface area contributed by atoms with Crippen molar-refractivity contribution in [3.8, 4) is 0 Å². The van der Waals surface area contributed by atoms with Crippen LogP contribution in [0.25, 0.3) is 0 Å². The Balaban J connectivity index is 1.83. The molecule has 2 atom stereocenters. The first kappa shape index (κ1) is 5.56. The van der Waals surface area contributed by atoms with Gasteiger partial charge in [0.1, 0.15) is 0 Å². The van der Waals surface area contributed by atoms with Crippen LogP contribution in [0.2, 0.25) is 0 Å². The van der Waals surface area contributed by atoms with E-state index in [0.29, 0.717) is 0 Å². The molecule has 0 amide bonds. The predicted molar refractivity (Wildman–Crippen MR) is 35.6 cm³/mol. The van der Waals surface area contributed by atoms with Gasteiger partial charge < -0.3 is 9.84 Å². The van der Waals surface area contributed by atoms with Crippen molar-refractivity contribution in [1.82, 2.24) is 0 Å². The molecule has 0 bridgehead atoms. The lowest BCUT2D eigenvalue weighted by molar-refractivity contribution is -0.0140. The van der Waals surface area contributed by atoms with E-state index in [9.17, 15) is 5.11 Å². The van der Waals surface area contributed by atoms with Crippen LogP contribution in [0.4, 0.5) is 0 Å². The molecule has 0 aromatic carbocycles. The van der Waals surface area contributed by atoms with Gasteiger partial charge >= 0.3 is 0 Å². The van der Waals surface area contributed by atoms with Gasteiger partial charge in [-0.2, -0.15) is 0 Å². The van der Waals surface area contributed by atoms with Gasteiger partial charge in [-0.25, -0.2) is 0 Å². The summed E-state index contributed by atoms with van der Waals surface area (Å²) < 4.78 is 5.82. The van der Waals surface area contributed by atoms with Crippen molar-refractivity contribution in [1.29, 1.82) is 0 Å². The molecule has 56 valence electrons. The van der Waals surface area contributed by atoms with E-state index in [1.165, 1.54) is 19.3 Å². The van der Waals surface area contributed by atoms with Crippen molar-refractivity contribution >= 4 is 0 Å². The lowest BCUT2D eigenvalue weighted by Gasteiger charge is -2.09. The van der Waals surface area contributed by atoms with Crippen LogP contribution in [0, 0.1) is 0 Å². The fourth-order valence-electron chi connectivity index (χ4n) is 2.11. The van der Waals surface area contributed by atoms with Crippen molar-refractivity contribution in [3.63, 3.8) is 0 Å². The molecule has 3 aliphatic rings. The molecule has 2 spiro atoms. The molecule has 1 aliphatic heterocycles. The quantitative estimate of drug-likeness (QED) is 0.540. The minimum Gasteiger partial charge on any atom is -0.390 e. The van der Waals surface area contributed by atoms with E-state index in [1.807, 2.05) is 0 Å². The third kappa shape index (κ3) is 0.523. The van der Waals surface area contributed by atoms with Crippen LogP contribution < -0.4 is 0 Å². The summed E-state index contributed by atoms with van der Waals surface area (Å²) in [5, 5.41) is 9.25. The summed E-state index contributed by atoms with van der Waals surface area (Å²) in [5.74, 6) is 0. The highest BCUT2D eigenvalue weighted by Crippen LogP contribution is 2.61. The number of hydrogen-bond acceptors (Lipinski definition) is 2. The van der Waals surface area contributed by atoms with Crippen LogP contribution in [0.1, 0.15) is 32.1 Å². The van der Waals surface area contributed by atoms with Gasteiger partial charge in [-0.1, -0.05) is 0 Å². The second-order valence-electron chi connectivity index (χ2n) is 4.07. The van der Waals surface area contributed by atoms with Gasteiger partial charge in [-0.3, -0.25) is 0 Å². The summed E-state index contributed by atoms with van der Waals surface area (Å²) in [6, 6.07) is 0. The molecule has 0 radical (unpaired) electrons. The average molecular weight is 140 g/mol. The average Bonchev–Trinajstić information content (AvgIpc) is 2.68. The van der Waals surface area contributed by atoms with Gasteiger partial charge in [0.05, 0.1) is 17.3 Å². The number of hydrogen-bond donors (Lipinski definition) is 1. The number of aliphatic hydroxyl groups is 1. The van der Waals surface area contributed by atoms with Crippen molar-refractivity contribution in [2.45, 2.75) is 49.4 Å². The van der Waals surface area contributed by atoms with E-state index in [-0.39, 0.29) is 17.3 Å². The van der Waals surface area contributed by atoms with E-state index >= 15 is 0 Å². The number of ether oxygens (including phenoxy) is 1. The molecule has 2 nitrogen and oxygen atoms in total. The zero-order valence-electron chi connectivity index (χ0n) is 5.97. The Bertz CT molecular complexity index is 186. The Morgan fingerprint density at radius 3 is 2.10 bits per heavy atom. The molecular weight excluding hydrogens is 128 g/mol. The molecule has 2 heteroatoms. The van der Waals surface area contributed by atoms with Crippen LogP contribution in [0.15, 0.2) is 0 Å². The highest BCUT2D eigenvalue weighted by molar-refractivity contribution is 5.16. The standard InChI is InChI=1S/C8H12O2/c9-6-5-8(6)4-3-7(10-8)1-2-7/h6,9H,1-5H2. The Kier molecular flexibility index (Phi) is 0.710.